The van der Waals surface area contributed by atoms with Gasteiger partial charge in [-0.15, -0.1) is 0 Å². The molecule has 0 aromatic heterocycles. The lowest BCUT2D eigenvalue weighted by atomic mass is 10.1. The second-order valence-electron chi connectivity index (χ2n) is 5.70. The van der Waals surface area contributed by atoms with E-state index >= 15 is 0 Å². The number of phenols is 1. The number of aromatic carboxylic acids is 1. The van der Waals surface area contributed by atoms with E-state index in [4.69, 9.17) is 9.84 Å². The molecular weight excluding hydrogens is 370 g/mol. The Kier molecular flexibility index (Phi) is 5.18. The number of amides is 2. The molecule has 0 spiro atoms. The third-order valence-corrected chi connectivity index (χ3v) is 4.80. The summed E-state index contributed by atoms with van der Waals surface area (Å²) in [7, 11) is 1.41. The monoisotopic (exact) mass is 385 g/mol. The van der Waals surface area contributed by atoms with Crippen molar-refractivity contribution in [2.75, 3.05) is 7.11 Å². The highest BCUT2D eigenvalue weighted by Gasteiger charge is 2.35. The number of hydrogen-bond donors (Lipinski definition) is 2. The van der Waals surface area contributed by atoms with Crippen LogP contribution in [0.1, 0.15) is 21.5 Å². The van der Waals surface area contributed by atoms with Crippen molar-refractivity contribution in [3.8, 4) is 11.5 Å². The van der Waals surface area contributed by atoms with E-state index in [9.17, 15) is 19.5 Å². The van der Waals surface area contributed by atoms with E-state index in [1.807, 2.05) is 0 Å². The third kappa shape index (κ3) is 3.95. The number of carbonyl (C=O) groups is 3. The number of carboxylic acids is 1. The Balaban J connectivity index is 1.83. The summed E-state index contributed by atoms with van der Waals surface area (Å²) in [6.45, 7) is -0.0119. The first kappa shape index (κ1) is 18.5. The smallest absolute Gasteiger partial charge is 0.335 e. The average Bonchev–Trinajstić information content (AvgIpc) is 2.91. The topological polar surface area (TPSA) is 104 Å². The van der Waals surface area contributed by atoms with Crippen molar-refractivity contribution in [1.82, 2.24) is 4.90 Å². The maximum absolute atomic E-state index is 12.6. The highest BCUT2D eigenvalue weighted by atomic mass is 32.2. The van der Waals surface area contributed by atoms with Crippen LogP contribution in [0.4, 0.5) is 4.79 Å². The van der Waals surface area contributed by atoms with Crippen LogP contribution in [0.3, 0.4) is 0 Å². The minimum Gasteiger partial charge on any atom is -0.504 e. The SMILES string of the molecule is COc1cc(/C=C2\SC(=O)N(Cc3cccc(C(=O)O)c3)C2=O)ccc1O. The van der Waals surface area contributed by atoms with Gasteiger partial charge in [-0.25, -0.2) is 4.79 Å². The molecule has 2 N–H and O–H groups in total. The minimum atomic E-state index is -1.08. The van der Waals surface area contributed by atoms with E-state index in [1.54, 1.807) is 30.3 Å². The Labute approximate surface area is 158 Å². The molecule has 0 bridgehead atoms. The Hall–Kier alpha value is -3.26. The third-order valence-electron chi connectivity index (χ3n) is 3.89. The fourth-order valence-electron chi connectivity index (χ4n) is 2.56. The summed E-state index contributed by atoms with van der Waals surface area (Å²) in [5, 5.41) is 18.3. The zero-order valence-electron chi connectivity index (χ0n) is 14.2. The maximum Gasteiger partial charge on any atom is 0.335 e. The standard InChI is InChI=1S/C19H15NO6S/c1-26-15-8-11(5-6-14(15)21)9-16-17(22)20(19(25)27-16)10-12-3-2-4-13(7-12)18(23)24/h2-9,21H,10H2,1H3,(H,23,24)/b16-9-. The molecule has 0 unspecified atom stereocenters. The van der Waals surface area contributed by atoms with Crippen molar-refractivity contribution in [1.29, 1.82) is 0 Å². The van der Waals surface area contributed by atoms with Crippen LogP contribution < -0.4 is 4.74 Å². The van der Waals surface area contributed by atoms with Gasteiger partial charge in [-0.05, 0) is 53.2 Å². The highest BCUT2D eigenvalue weighted by Crippen LogP contribution is 2.35. The fraction of sp³-hybridized carbons (Fsp3) is 0.105. The number of thioether (sulfide) groups is 1. The van der Waals surface area contributed by atoms with Gasteiger partial charge in [0.1, 0.15) is 0 Å². The number of aromatic hydroxyl groups is 1. The van der Waals surface area contributed by atoms with Gasteiger partial charge >= 0.3 is 5.97 Å². The number of ether oxygens (including phenoxy) is 1. The Morgan fingerprint density at radius 3 is 2.70 bits per heavy atom. The number of rotatable bonds is 5. The molecule has 0 atom stereocenters. The van der Waals surface area contributed by atoms with Crippen molar-refractivity contribution in [3.05, 3.63) is 64.1 Å². The lowest BCUT2D eigenvalue weighted by Crippen LogP contribution is -2.27. The number of methoxy groups -OCH3 is 1. The fourth-order valence-corrected chi connectivity index (χ4v) is 3.40. The zero-order chi connectivity index (χ0) is 19.6. The summed E-state index contributed by atoms with van der Waals surface area (Å²) < 4.78 is 5.03. The predicted molar refractivity (Wildman–Crippen MR) is 99.6 cm³/mol. The second kappa shape index (κ2) is 7.55. The lowest BCUT2D eigenvalue weighted by Gasteiger charge is -2.12. The number of benzene rings is 2. The van der Waals surface area contributed by atoms with E-state index in [1.165, 1.54) is 25.3 Å². The van der Waals surface area contributed by atoms with Crippen LogP contribution in [0, 0.1) is 0 Å². The van der Waals surface area contributed by atoms with Gasteiger partial charge in [0, 0.05) is 0 Å². The Morgan fingerprint density at radius 2 is 2.00 bits per heavy atom. The molecular formula is C19H15NO6S. The molecule has 0 radical (unpaired) electrons. The molecule has 2 amide bonds. The number of imide groups is 1. The molecule has 7 nitrogen and oxygen atoms in total. The van der Waals surface area contributed by atoms with Crippen LogP contribution in [-0.4, -0.2) is 39.3 Å². The summed E-state index contributed by atoms with van der Waals surface area (Å²) in [5.74, 6) is -1.31. The van der Waals surface area contributed by atoms with Gasteiger partial charge in [-0.2, -0.15) is 0 Å². The first-order valence-electron chi connectivity index (χ1n) is 7.83. The van der Waals surface area contributed by atoms with Crippen molar-refractivity contribution >= 4 is 35.0 Å². The average molecular weight is 385 g/mol. The van der Waals surface area contributed by atoms with Gasteiger partial charge < -0.3 is 14.9 Å². The van der Waals surface area contributed by atoms with Gasteiger partial charge in [0.2, 0.25) is 0 Å². The summed E-state index contributed by atoms with van der Waals surface area (Å²) in [6, 6.07) is 10.7. The minimum absolute atomic E-state index is 0.0119. The maximum atomic E-state index is 12.6. The molecule has 8 heteroatoms. The van der Waals surface area contributed by atoms with Crippen LogP contribution in [-0.2, 0) is 11.3 Å². The van der Waals surface area contributed by atoms with Crippen molar-refractivity contribution in [3.63, 3.8) is 0 Å². The molecule has 0 saturated carbocycles. The van der Waals surface area contributed by atoms with Gasteiger partial charge in [0.15, 0.2) is 11.5 Å². The molecule has 1 heterocycles. The summed E-state index contributed by atoms with van der Waals surface area (Å²) in [4.78, 5) is 37.2. The van der Waals surface area contributed by atoms with Crippen molar-refractivity contribution in [2.24, 2.45) is 0 Å². The highest BCUT2D eigenvalue weighted by molar-refractivity contribution is 8.18. The molecule has 1 fully saturated rings. The van der Waals surface area contributed by atoms with Gasteiger partial charge in [0.05, 0.1) is 24.1 Å². The van der Waals surface area contributed by atoms with Crippen LogP contribution in [0.5, 0.6) is 11.5 Å². The molecule has 138 valence electrons. The Morgan fingerprint density at radius 1 is 1.22 bits per heavy atom. The Bertz CT molecular complexity index is 968. The first-order valence-corrected chi connectivity index (χ1v) is 8.65. The van der Waals surface area contributed by atoms with Crippen molar-refractivity contribution in [2.45, 2.75) is 6.54 Å². The molecule has 1 aliphatic heterocycles. The molecule has 3 rings (SSSR count). The quantitative estimate of drug-likeness (QED) is 0.761. The van der Waals surface area contributed by atoms with E-state index in [0.29, 0.717) is 11.1 Å². The van der Waals surface area contributed by atoms with Gasteiger partial charge in [-0.3, -0.25) is 14.5 Å². The van der Waals surface area contributed by atoms with E-state index in [-0.39, 0.29) is 28.5 Å². The van der Waals surface area contributed by atoms with Crippen LogP contribution >= 0.6 is 11.8 Å². The summed E-state index contributed by atoms with van der Waals surface area (Å²) >= 11 is 0.803. The van der Waals surface area contributed by atoms with Crippen molar-refractivity contribution < 1.29 is 29.3 Å². The second-order valence-corrected chi connectivity index (χ2v) is 6.70. The first-order chi connectivity index (χ1) is 12.9. The molecule has 0 aliphatic carbocycles. The molecule has 2 aromatic rings. The lowest BCUT2D eigenvalue weighted by molar-refractivity contribution is -0.123. The number of nitrogens with zero attached hydrogens (tertiary/aromatic N) is 1. The number of carbonyl (C=O) groups excluding carboxylic acids is 2. The zero-order valence-corrected chi connectivity index (χ0v) is 15.0. The number of hydrogen-bond acceptors (Lipinski definition) is 6. The molecule has 2 aromatic carbocycles. The normalized spacial score (nSPS) is 15.4. The van der Waals surface area contributed by atoms with E-state index in [0.717, 1.165) is 16.7 Å². The van der Waals surface area contributed by atoms with E-state index < -0.39 is 17.1 Å². The van der Waals surface area contributed by atoms with Crippen LogP contribution in [0.15, 0.2) is 47.4 Å². The number of carboxylic acid groups (broad SMARTS) is 1. The van der Waals surface area contributed by atoms with Crippen LogP contribution in [0.25, 0.3) is 6.08 Å². The molecule has 1 aliphatic rings. The largest absolute Gasteiger partial charge is 0.504 e. The van der Waals surface area contributed by atoms with Crippen LogP contribution in [0.2, 0.25) is 0 Å². The molecule has 27 heavy (non-hydrogen) atoms. The van der Waals surface area contributed by atoms with Gasteiger partial charge in [0.25, 0.3) is 11.1 Å². The van der Waals surface area contributed by atoms with Gasteiger partial charge in [-0.1, -0.05) is 18.2 Å². The summed E-state index contributed by atoms with van der Waals surface area (Å²) in [6.07, 6.45) is 1.54. The number of phenolic OH excluding ortho intramolecular Hbond substituents is 1. The molecule has 1 saturated heterocycles. The predicted octanol–water partition coefficient (Wildman–Crippen LogP) is 3.34. The van der Waals surface area contributed by atoms with E-state index in [2.05, 4.69) is 0 Å². The summed E-state index contributed by atoms with van der Waals surface area (Å²) in [5.41, 5.74) is 1.24.